The molecule has 0 aromatic carbocycles. The van der Waals surface area contributed by atoms with Crippen LogP contribution < -0.4 is 5.32 Å². The highest BCUT2D eigenvalue weighted by atomic mass is 15.3. The summed E-state index contributed by atoms with van der Waals surface area (Å²) >= 11 is 0. The van der Waals surface area contributed by atoms with E-state index in [9.17, 15) is 0 Å². The quantitative estimate of drug-likeness (QED) is 0.762. The average molecular weight is 209 g/mol. The number of hydrogen-bond acceptors (Lipinski definition) is 3. The van der Waals surface area contributed by atoms with Gasteiger partial charge in [0.05, 0.1) is 0 Å². The summed E-state index contributed by atoms with van der Waals surface area (Å²) in [6.45, 7) is 16.1. The number of nitrogens with one attached hydrogen (secondary N) is 1. The van der Waals surface area contributed by atoms with Gasteiger partial charge in [0.2, 0.25) is 6.67 Å². The molecule has 1 rings (SSSR count). The minimum atomic E-state index is 0.196. The third kappa shape index (κ3) is 4.56. The monoisotopic (exact) mass is 209 g/mol. The summed E-state index contributed by atoms with van der Waals surface area (Å²) in [7, 11) is 0. The van der Waals surface area contributed by atoms with E-state index in [1.807, 2.05) is 0 Å². The summed E-state index contributed by atoms with van der Waals surface area (Å²) in [6.07, 6.45) is 4.14. The molecule has 0 aromatic heterocycles. The van der Waals surface area contributed by atoms with Gasteiger partial charge in [-0.3, -0.25) is 0 Å². The van der Waals surface area contributed by atoms with E-state index in [-0.39, 0.29) is 5.54 Å². The lowest BCUT2D eigenvalue weighted by atomic mass is 10.1. The predicted octanol–water partition coefficient (Wildman–Crippen LogP) is 1.87. The van der Waals surface area contributed by atoms with Crippen LogP contribution in [0, 0.1) is 6.67 Å². The van der Waals surface area contributed by atoms with Crippen molar-refractivity contribution in [2.45, 2.75) is 46.2 Å². The van der Waals surface area contributed by atoms with Crippen molar-refractivity contribution in [1.29, 1.82) is 0 Å². The Bertz CT molecular complexity index is 215. The SMILES string of the molecule is CC(C)N1[C]N(CCNC(C)(C)C)C=C1. The molecule has 0 bridgehead atoms. The van der Waals surface area contributed by atoms with Crippen molar-refractivity contribution >= 4 is 0 Å². The fourth-order valence-electron chi connectivity index (χ4n) is 1.33. The van der Waals surface area contributed by atoms with Gasteiger partial charge in [-0.2, -0.15) is 0 Å². The van der Waals surface area contributed by atoms with Crippen molar-refractivity contribution in [3.8, 4) is 0 Å². The predicted molar refractivity (Wildman–Crippen MR) is 63.8 cm³/mol. The molecule has 0 fully saturated rings. The van der Waals surface area contributed by atoms with Gasteiger partial charge in [0.15, 0.2) is 0 Å². The van der Waals surface area contributed by atoms with E-state index in [0.29, 0.717) is 6.04 Å². The summed E-state index contributed by atoms with van der Waals surface area (Å²) in [5.74, 6) is 0. The van der Waals surface area contributed by atoms with E-state index in [0.717, 1.165) is 13.1 Å². The van der Waals surface area contributed by atoms with Crippen molar-refractivity contribution in [1.82, 2.24) is 15.1 Å². The highest BCUT2D eigenvalue weighted by Crippen LogP contribution is 2.13. The topological polar surface area (TPSA) is 18.5 Å². The Morgan fingerprint density at radius 1 is 1.27 bits per heavy atom. The Labute approximate surface area is 94.1 Å². The molecule has 0 unspecified atom stereocenters. The summed E-state index contributed by atoms with van der Waals surface area (Å²) in [5, 5.41) is 3.46. The Morgan fingerprint density at radius 2 is 1.93 bits per heavy atom. The molecule has 0 spiro atoms. The minimum absolute atomic E-state index is 0.196. The van der Waals surface area contributed by atoms with Crippen molar-refractivity contribution in [3.63, 3.8) is 0 Å². The van der Waals surface area contributed by atoms with E-state index in [1.54, 1.807) is 0 Å². The smallest absolute Gasteiger partial charge is 0.208 e. The van der Waals surface area contributed by atoms with Crippen molar-refractivity contribution in [2.75, 3.05) is 13.1 Å². The van der Waals surface area contributed by atoms with Crippen LogP contribution in [0.2, 0.25) is 0 Å². The molecule has 3 nitrogen and oxygen atoms in total. The molecule has 1 aliphatic rings. The van der Waals surface area contributed by atoms with E-state index in [4.69, 9.17) is 0 Å². The van der Waals surface area contributed by atoms with E-state index in [2.05, 4.69) is 68.8 Å². The molecule has 0 atom stereocenters. The summed E-state index contributed by atoms with van der Waals surface area (Å²) in [6, 6.07) is 0.488. The number of rotatable bonds is 4. The van der Waals surface area contributed by atoms with Crippen LogP contribution in [0.4, 0.5) is 0 Å². The zero-order valence-corrected chi connectivity index (χ0v) is 10.5. The molecule has 0 saturated heterocycles. The molecule has 1 N–H and O–H groups in total. The Hall–Kier alpha value is -0.700. The van der Waals surface area contributed by atoms with Gasteiger partial charge in [-0.15, -0.1) is 0 Å². The molecule has 3 heteroatoms. The van der Waals surface area contributed by atoms with E-state index < -0.39 is 0 Å². The maximum atomic E-state index is 3.46. The summed E-state index contributed by atoms with van der Waals surface area (Å²) in [5.41, 5.74) is 0.196. The third-order valence-corrected chi connectivity index (χ3v) is 2.22. The number of hydrogen-bond donors (Lipinski definition) is 1. The Kier molecular flexibility index (Phi) is 4.03. The standard InChI is InChI=1S/C12H23N3/c1-11(2)15-9-8-14(10-15)7-6-13-12(3,4)5/h8-9,11,13H,6-7H2,1-5H3. The van der Waals surface area contributed by atoms with Gasteiger partial charge in [-0.05, 0) is 34.6 Å². The second kappa shape index (κ2) is 4.88. The highest BCUT2D eigenvalue weighted by molar-refractivity contribution is 4.98. The molecule has 0 saturated carbocycles. The lowest BCUT2D eigenvalue weighted by molar-refractivity contribution is 0.293. The maximum Gasteiger partial charge on any atom is 0.208 e. The van der Waals surface area contributed by atoms with Crippen molar-refractivity contribution < 1.29 is 0 Å². The van der Waals surface area contributed by atoms with Gasteiger partial charge in [0.1, 0.15) is 0 Å². The van der Waals surface area contributed by atoms with Crippen molar-refractivity contribution in [2.24, 2.45) is 0 Å². The molecule has 0 aliphatic carbocycles. The first-order valence-electron chi connectivity index (χ1n) is 5.63. The van der Waals surface area contributed by atoms with E-state index in [1.165, 1.54) is 0 Å². The van der Waals surface area contributed by atoms with Crippen LogP contribution in [0.3, 0.4) is 0 Å². The molecule has 1 aliphatic heterocycles. The van der Waals surface area contributed by atoms with Crippen LogP contribution >= 0.6 is 0 Å². The van der Waals surface area contributed by atoms with Crippen LogP contribution in [0.25, 0.3) is 0 Å². The second-order valence-electron chi connectivity index (χ2n) is 5.27. The first-order valence-corrected chi connectivity index (χ1v) is 5.63. The molecule has 0 aromatic rings. The lowest BCUT2D eigenvalue weighted by Crippen LogP contribution is -2.40. The summed E-state index contributed by atoms with van der Waals surface area (Å²) in [4.78, 5) is 4.19. The summed E-state index contributed by atoms with van der Waals surface area (Å²) < 4.78 is 0. The van der Waals surface area contributed by atoms with E-state index >= 15 is 0 Å². The van der Waals surface area contributed by atoms with Crippen LogP contribution in [-0.2, 0) is 0 Å². The Balaban J connectivity index is 2.18. The molecule has 0 amide bonds. The molecule has 15 heavy (non-hydrogen) atoms. The molecule has 86 valence electrons. The average Bonchev–Trinajstić information content (AvgIpc) is 2.50. The second-order valence-corrected chi connectivity index (χ2v) is 5.27. The van der Waals surface area contributed by atoms with Gasteiger partial charge in [-0.1, -0.05) is 0 Å². The highest BCUT2D eigenvalue weighted by Gasteiger charge is 2.17. The van der Waals surface area contributed by atoms with Gasteiger partial charge < -0.3 is 15.1 Å². The lowest BCUT2D eigenvalue weighted by Gasteiger charge is -2.24. The zero-order chi connectivity index (χ0) is 11.5. The van der Waals surface area contributed by atoms with Crippen LogP contribution in [0.1, 0.15) is 34.6 Å². The van der Waals surface area contributed by atoms with Crippen LogP contribution in [-0.4, -0.2) is 34.5 Å². The number of nitrogens with zero attached hydrogens (tertiary/aromatic N) is 2. The first kappa shape index (κ1) is 12.4. The van der Waals surface area contributed by atoms with Crippen molar-refractivity contribution in [3.05, 3.63) is 19.1 Å². The third-order valence-electron chi connectivity index (χ3n) is 2.22. The van der Waals surface area contributed by atoms with Gasteiger partial charge >= 0.3 is 0 Å². The fraction of sp³-hybridized carbons (Fsp3) is 0.750. The zero-order valence-electron chi connectivity index (χ0n) is 10.5. The van der Waals surface area contributed by atoms with Crippen LogP contribution in [0.5, 0.6) is 0 Å². The molecular weight excluding hydrogens is 186 g/mol. The maximum absolute atomic E-state index is 3.46. The van der Waals surface area contributed by atoms with Gasteiger partial charge in [0.25, 0.3) is 0 Å². The molecule has 2 radical (unpaired) electrons. The normalized spacial score (nSPS) is 16.9. The molecular formula is C12H23N3. The largest absolute Gasteiger partial charge is 0.345 e. The van der Waals surface area contributed by atoms with Crippen LogP contribution in [0.15, 0.2) is 12.4 Å². The fourth-order valence-corrected chi connectivity index (χ4v) is 1.33. The first-order chi connectivity index (χ1) is 6.88. The Morgan fingerprint density at radius 3 is 2.40 bits per heavy atom. The van der Waals surface area contributed by atoms with Gasteiger partial charge in [-0.25, -0.2) is 0 Å². The van der Waals surface area contributed by atoms with Gasteiger partial charge in [0, 0.05) is 37.1 Å². The minimum Gasteiger partial charge on any atom is -0.345 e. The molecule has 1 heterocycles.